The molecule has 15 rings (SSSR count). The van der Waals surface area contributed by atoms with E-state index in [1.807, 2.05) is 13.8 Å². The zero-order chi connectivity index (χ0) is 52.0. The first kappa shape index (κ1) is 33.9. The Morgan fingerprint density at radius 3 is 1.65 bits per heavy atom. The van der Waals surface area contributed by atoms with Crippen LogP contribution in [0.1, 0.15) is 137 Å². The smallest absolute Gasteiger partial charge is 0.0720 e. The topological polar surface area (TPSA) is 3.24 Å². The lowest BCUT2D eigenvalue weighted by Crippen LogP contribution is -2.48. The number of rotatable bonds is 5. The molecule has 4 fully saturated rings. The number of hydrogen-bond acceptors (Lipinski definition) is 1. The van der Waals surface area contributed by atoms with Crippen LogP contribution in [0.2, 0.25) is 0 Å². The highest BCUT2D eigenvalue weighted by molar-refractivity contribution is 5.93. The van der Waals surface area contributed by atoms with Crippen molar-refractivity contribution in [2.45, 2.75) is 102 Å². The van der Waals surface area contributed by atoms with Crippen LogP contribution in [0.15, 0.2) is 170 Å². The second-order valence-corrected chi connectivity index (χ2v) is 22.7. The Kier molecular flexibility index (Phi) is 7.02. The summed E-state index contributed by atoms with van der Waals surface area (Å²) in [5.41, 5.74) is 16.5. The lowest BCUT2D eigenvalue weighted by atomic mass is 9.48. The van der Waals surface area contributed by atoms with E-state index in [1.165, 1.54) is 71.9 Å². The minimum absolute atomic E-state index is 0.0285. The van der Waals surface area contributed by atoms with Crippen LogP contribution in [-0.4, -0.2) is 0 Å². The number of fused-ring (bicyclic) bond motifs is 12. The summed E-state index contributed by atoms with van der Waals surface area (Å²) in [5, 5.41) is 0. The van der Waals surface area contributed by atoms with Crippen LogP contribution in [-0.2, 0) is 21.7 Å². The van der Waals surface area contributed by atoms with Crippen molar-refractivity contribution in [3.8, 4) is 33.4 Å². The monoisotopic (exact) mass is 887 g/mol. The molecule has 0 radical (unpaired) electrons. The third-order valence-electron chi connectivity index (χ3n) is 18.1. The molecule has 7 aliphatic carbocycles. The molecule has 0 atom stereocenters. The summed E-state index contributed by atoms with van der Waals surface area (Å²) in [6, 6.07) is 45.6. The molecule has 4 saturated carbocycles. The van der Waals surface area contributed by atoms with Crippen molar-refractivity contribution in [2.75, 3.05) is 4.90 Å². The molecule has 0 saturated heterocycles. The van der Waals surface area contributed by atoms with Gasteiger partial charge in [-0.15, -0.1) is 0 Å². The molecule has 7 aliphatic rings. The molecular formula is C67H61N. The van der Waals surface area contributed by atoms with Gasteiger partial charge in [0.1, 0.15) is 0 Å². The van der Waals surface area contributed by atoms with Gasteiger partial charge in [-0.3, -0.25) is 0 Å². The van der Waals surface area contributed by atoms with Crippen molar-refractivity contribution in [3.63, 3.8) is 0 Å². The second kappa shape index (κ2) is 14.1. The highest BCUT2D eigenvalue weighted by Gasteiger charge is 2.54. The van der Waals surface area contributed by atoms with Gasteiger partial charge in [0.25, 0.3) is 0 Å². The number of nitrogens with zero attached hydrogens (tertiary/aromatic N) is 1. The number of anilines is 3. The lowest BCUT2D eigenvalue weighted by Gasteiger charge is -2.57. The molecule has 1 nitrogen and oxygen atoms in total. The Morgan fingerprint density at radius 2 is 1.00 bits per heavy atom. The van der Waals surface area contributed by atoms with Gasteiger partial charge in [-0.25, -0.2) is 0 Å². The van der Waals surface area contributed by atoms with Crippen LogP contribution >= 0.6 is 0 Å². The van der Waals surface area contributed by atoms with E-state index in [4.69, 9.17) is 4.11 Å². The zero-order valence-corrected chi connectivity index (χ0v) is 40.0. The van der Waals surface area contributed by atoms with Crippen molar-refractivity contribution >= 4 is 17.1 Å². The van der Waals surface area contributed by atoms with Crippen LogP contribution in [0.25, 0.3) is 33.4 Å². The standard InChI is InChI=1S/C67H61N/c1-41-31-47(46-23-25-48(26-24-46)66-38-43-33-44(39-66)35-45(34-43)40-66)32-42(2)63(41)68(49-27-29-53-51-15-7-9-17-55(51)64(3,4)61(53)36-49)50-28-30-54-52-16-8-10-18-56(52)67(62(54)37-50)59-21-13-11-19-57(59)65(5,6)58-20-12-14-22-60(58)67/h7-32,36-37,43-45H,33-35,38-40H2,1-6H3/i7D,9D,15D,17D,27D,29D,36D. The predicted molar refractivity (Wildman–Crippen MR) is 283 cm³/mol. The molecular weight excluding hydrogens is 819 g/mol. The van der Waals surface area contributed by atoms with Gasteiger partial charge < -0.3 is 4.90 Å². The molecule has 334 valence electrons. The van der Waals surface area contributed by atoms with Crippen LogP contribution in [0, 0.1) is 31.6 Å². The van der Waals surface area contributed by atoms with Crippen LogP contribution < -0.4 is 4.90 Å². The maximum atomic E-state index is 10.5. The molecule has 0 N–H and O–H groups in total. The zero-order valence-electron chi connectivity index (χ0n) is 47.0. The van der Waals surface area contributed by atoms with Crippen LogP contribution in [0.5, 0.6) is 0 Å². The fourth-order valence-corrected chi connectivity index (χ4v) is 15.6. The maximum absolute atomic E-state index is 10.5. The van der Waals surface area contributed by atoms with Gasteiger partial charge in [0.2, 0.25) is 0 Å². The van der Waals surface area contributed by atoms with Crippen molar-refractivity contribution in [3.05, 3.63) is 231 Å². The summed E-state index contributed by atoms with van der Waals surface area (Å²) in [6.07, 6.45) is 8.21. The Labute approximate surface area is 413 Å². The summed E-state index contributed by atoms with van der Waals surface area (Å²) >= 11 is 0. The van der Waals surface area contributed by atoms with E-state index in [0.29, 0.717) is 16.5 Å². The predicted octanol–water partition coefficient (Wildman–Crippen LogP) is 17.2. The average Bonchev–Trinajstić information content (AvgIpc) is 3.92. The second-order valence-electron chi connectivity index (χ2n) is 22.7. The SMILES string of the molecule is [2H]c1c([2H])c([2H])c2c(c1[2H])-c1c([2H])c([2H])c(N(c3ccc4c(c3)C3(c5ccccc5-4)c4ccccc4C(C)(C)c4ccccc43)c3c(C)cc(-c4ccc(C56CC7CC(CC(C7)C5)C6)cc4)cc3C)c([2H])c1C2(C)C. The van der Waals surface area contributed by atoms with Gasteiger partial charge in [0.05, 0.1) is 20.7 Å². The Morgan fingerprint density at radius 1 is 0.456 bits per heavy atom. The van der Waals surface area contributed by atoms with Gasteiger partial charge in [0.15, 0.2) is 0 Å². The molecule has 0 heterocycles. The van der Waals surface area contributed by atoms with Gasteiger partial charge in [-0.1, -0.05) is 161 Å². The van der Waals surface area contributed by atoms with E-state index in [0.717, 1.165) is 68.1 Å². The first-order valence-corrected chi connectivity index (χ1v) is 25.1. The molecule has 4 bridgehead atoms. The van der Waals surface area contributed by atoms with E-state index in [9.17, 15) is 5.48 Å². The minimum Gasteiger partial charge on any atom is -0.310 e. The quantitative estimate of drug-likeness (QED) is 0.166. The normalized spacial score (nSPS) is 24.5. The molecule has 8 aromatic rings. The number of aryl methyl sites for hydroxylation is 2. The first-order valence-electron chi connectivity index (χ1n) is 28.6. The largest absolute Gasteiger partial charge is 0.310 e. The number of hydrogen-bond donors (Lipinski definition) is 0. The van der Waals surface area contributed by atoms with E-state index in [1.54, 1.807) is 0 Å². The minimum atomic E-state index is -1.09. The highest BCUT2D eigenvalue weighted by atomic mass is 15.1. The highest BCUT2D eigenvalue weighted by Crippen LogP contribution is 2.64. The van der Waals surface area contributed by atoms with Crippen LogP contribution in [0.4, 0.5) is 17.1 Å². The van der Waals surface area contributed by atoms with Gasteiger partial charge in [-0.05, 0) is 206 Å². The average molecular weight is 887 g/mol. The third-order valence-corrected chi connectivity index (χ3v) is 18.1. The van der Waals surface area contributed by atoms with Crippen molar-refractivity contribution in [1.82, 2.24) is 0 Å². The summed E-state index contributed by atoms with van der Waals surface area (Å²) in [7, 11) is 0. The molecule has 0 amide bonds. The molecule has 1 heteroatoms. The first-order chi connectivity index (χ1) is 35.9. The molecule has 8 aromatic carbocycles. The summed E-state index contributed by atoms with van der Waals surface area (Å²) < 4.78 is 66.3. The van der Waals surface area contributed by atoms with E-state index >= 15 is 0 Å². The van der Waals surface area contributed by atoms with Crippen LogP contribution in [0.3, 0.4) is 0 Å². The fourth-order valence-electron chi connectivity index (χ4n) is 15.6. The van der Waals surface area contributed by atoms with Crippen molar-refractivity contribution in [1.29, 1.82) is 0 Å². The molecule has 1 spiro atoms. The Balaban J connectivity index is 1.01. The van der Waals surface area contributed by atoms with Crippen molar-refractivity contribution < 1.29 is 9.60 Å². The van der Waals surface area contributed by atoms with Gasteiger partial charge >= 0.3 is 0 Å². The molecule has 68 heavy (non-hydrogen) atoms. The molecule has 0 aromatic heterocycles. The van der Waals surface area contributed by atoms with E-state index in [2.05, 4.69) is 160 Å². The van der Waals surface area contributed by atoms with E-state index in [-0.39, 0.29) is 64.5 Å². The third kappa shape index (κ3) is 5.40. The summed E-state index contributed by atoms with van der Waals surface area (Å²) in [5.74, 6) is 2.61. The molecule has 0 unspecified atom stereocenters. The maximum Gasteiger partial charge on any atom is 0.0720 e. The van der Waals surface area contributed by atoms with Gasteiger partial charge in [0, 0.05) is 22.2 Å². The van der Waals surface area contributed by atoms with Crippen molar-refractivity contribution in [2.24, 2.45) is 17.8 Å². The molecule has 0 aliphatic heterocycles. The van der Waals surface area contributed by atoms with E-state index < -0.39 is 10.8 Å². The summed E-state index contributed by atoms with van der Waals surface area (Å²) in [6.45, 7) is 12.7. The summed E-state index contributed by atoms with van der Waals surface area (Å²) in [4.78, 5) is 2.06. The fraction of sp³-hybridized carbons (Fsp3) is 0.284. The van der Waals surface area contributed by atoms with Gasteiger partial charge in [-0.2, -0.15) is 0 Å². The Hall–Kier alpha value is -6.44. The lowest BCUT2D eigenvalue weighted by molar-refractivity contribution is -0.00518. The Bertz CT molecular complexity index is 3720. The number of benzene rings is 8.